The molecular weight excluding hydrogens is 534 g/mol. The number of carbonyl (C=O) groups excluding carboxylic acids is 3. The number of benzene rings is 3. The van der Waals surface area contributed by atoms with E-state index in [1.165, 1.54) is 11.0 Å². The minimum absolute atomic E-state index is 0.177. The Bertz CT molecular complexity index is 1660. The second kappa shape index (κ2) is 13.0. The normalized spacial score (nSPS) is 11.1. The third-order valence-electron chi connectivity index (χ3n) is 7.05. The molecule has 218 valence electrons. The molecule has 0 spiro atoms. The third-order valence-corrected chi connectivity index (χ3v) is 7.05. The van der Waals surface area contributed by atoms with Gasteiger partial charge < -0.3 is 25.4 Å². The van der Waals surface area contributed by atoms with E-state index in [4.69, 9.17) is 15.2 Å². The molecule has 0 atom stereocenters. The molecule has 0 aliphatic carbocycles. The van der Waals surface area contributed by atoms with Gasteiger partial charge in [0.05, 0.1) is 18.7 Å². The molecule has 1 aromatic heterocycles. The van der Waals surface area contributed by atoms with Gasteiger partial charge in [0, 0.05) is 31.4 Å². The molecule has 1 heterocycles. The number of para-hydroxylation sites is 1. The van der Waals surface area contributed by atoms with Crippen LogP contribution in [0.4, 0.5) is 5.69 Å². The quantitative estimate of drug-likeness (QED) is 0.262. The molecule has 3 aromatic carbocycles. The first kappa shape index (κ1) is 29.9. The number of amides is 3. The van der Waals surface area contributed by atoms with Crippen molar-refractivity contribution in [2.75, 3.05) is 25.1 Å². The van der Waals surface area contributed by atoms with Crippen molar-refractivity contribution in [3.05, 3.63) is 88.5 Å². The number of fused-ring (bicyclic) bond motifs is 1. The number of hydrogen-bond acceptors (Lipinski definition) is 6. The lowest BCUT2D eigenvalue weighted by atomic mass is 10.0. The Kier molecular flexibility index (Phi) is 9.26. The molecule has 3 N–H and O–H groups in total. The Balaban J connectivity index is 1.41. The maximum atomic E-state index is 13.0. The highest BCUT2D eigenvalue weighted by molar-refractivity contribution is 5.99. The predicted molar refractivity (Wildman–Crippen MR) is 163 cm³/mol. The largest absolute Gasteiger partial charge is 0.487 e. The topological polar surface area (TPSA) is 129 Å². The first-order chi connectivity index (χ1) is 20.1. The zero-order valence-corrected chi connectivity index (χ0v) is 24.4. The van der Waals surface area contributed by atoms with Gasteiger partial charge in [0.1, 0.15) is 17.9 Å². The van der Waals surface area contributed by atoms with Crippen LogP contribution in [0.3, 0.4) is 0 Å². The van der Waals surface area contributed by atoms with Gasteiger partial charge in [-0.1, -0.05) is 24.3 Å². The minimum Gasteiger partial charge on any atom is -0.487 e. The number of imidazole rings is 1. The van der Waals surface area contributed by atoms with Crippen LogP contribution >= 0.6 is 0 Å². The van der Waals surface area contributed by atoms with Crippen LogP contribution in [0.1, 0.15) is 39.5 Å². The number of anilines is 1. The second-order valence-electron chi connectivity index (χ2n) is 9.79. The molecule has 0 aliphatic rings. The fourth-order valence-electron chi connectivity index (χ4n) is 4.56. The summed E-state index contributed by atoms with van der Waals surface area (Å²) in [6.45, 7) is 6.49. The Hall–Kier alpha value is -5.12. The molecule has 0 bridgehead atoms. The van der Waals surface area contributed by atoms with Crippen LogP contribution in [0.2, 0.25) is 0 Å². The van der Waals surface area contributed by atoms with E-state index in [1.807, 2.05) is 62.7 Å². The lowest BCUT2D eigenvalue weighted by molar-refractivity contribution is -0.122. The number of carbonyl (C=O) groups is 3. The van der Waals surface area contributed by atoms with Crippen molar-refractivity contribution in [2.24, 2.45) is 12.8 Å². The van der Waals surface area contributed by atoms with Crippen molar-refractivity contribution in [1.82, 2.24) is 14.9 Å². The number of nitrogens with one attached hydrogen (secondary N) is 1. The van der Waals surface area contributed by atoms with Crippen LogP contribution < -0.4 is 25.4 Å². The van der Waals surface area contributed by atoms with E-state index in [1.54, 1.807) is 37.4 Å². The van der Waals surface area contributed by atoms with E-state index in [-0.39, 0.29) is 19.1 Å². The van der Waals surface area contributed by atoms with Gasteiger partial charge in [-0.15, -0.1) is 0 Å². The van der Waals surface area contributed by atoms with Gasteiger partial charge in [-0.2, -0.15) is 4.98 Å². The molecule has 42 heavy (non-hydrogen) atoms. The molecule has 0 radical (unpaired) electrons. The summed E-state index contributed by atoms with van der Waals surface area (Å²) in [4.78, 5) is 42.6. The number of likely N-dealkylation sites (N-methyl/N-ethyl adjacent to an activating group) is 1. The van der Waals surface area contributed by atoms with Crippen LogP contribution in [-0.4, -0.2) is 47.5 Å². The summed E-state index contributed by atoms with van der Waals surface area (Å²) < 4.78 is 13.8. The van der Waals surface area contributed by atoms with Crippen LogP contribution in [0, 0.1) is 13.8 Å². The maximum Gasteiger partial charge on any atom is 0.297 e. The first-order valence-electron chi connectivity index (χ1n) is 13.5. The molecule has 0 aliphatic heterocycles. The SMILES string of the molecule is CCOc1nc2c(OCc3c(C)ccc(N(C)C(=O)CNC(=O)/C=C/c4ccc(C(N)=O)cc4)c3C)cccc2n1C. The summed E-state index contributed by atoms with van der Waals surface area (Å²) in [6, 6.07) is 16.6. The van der Waals surface area contributed by atoms with E-state index >= 15 is 0 Å². The summed E-state index contributed by atoms with van der Waals surface area (Å²) in [5.74, 6) is -0.570. The molecule has 4 rings (SSSR count). The lowest BCUT2D eigenvalue weighted by Gasteiger charge is -2.23. The number of nitrogens with zero attached hydrogens (tertiary/aromatic N) is 3. The number of aryl methyl sites for hydroxylation is 2. The maximum absolute atomic E-state index is 13.0. The van der Waals surface area contributed by atoms with E-state index in [0.717, 1.165) is 39.0 Å². The van der Waals surface area contributed by atoms with Gasteiger partial charge in [-0.25, -0.2) is 0 Å². The lowest BCUT2D eigenvalue weighted by Crippen LogP contribution is -2.38. The van der Waals surface area contributed by atoms with Gasteiger partial charge >= 0.3 is 0 Å². The Morgan fingerprint density at radius 1 is 1.05 bits per heavy atom. The Labute approximate surface area is 244 Å². The smallest absolute Gasteiger partial charge is 0.297 e. The average Bonchev–Trinajstić information content (AvgIpc) is 3.30. The molecule has 0 unspecified atom stereocenters. The van der Waals surface area contributed by atoms with Gasteiger partial charge in [0.2, 0.25) is 17.7 Å². The van der Waals surface area contributed by atoms with Gasteiger partial charge in [0.15, 0.2) is 0 Å². The molecule has 3 amide bonds. The number of primary amides is 1. The molecule has 0 saturated carbocycles. The molecule has 4 aromatic rings. The van der Waals surface area contributed by atoms with Crippen molar-refractivity contribution in [2.45, 2.75) is 27.4 Å². The van der Waals surface area contributed by atoms with Crippen molar-refractivity contribution in [3.8, 4) is 11.8 Å². The predicted octanol–water partition coefficient (Wildman–Crippen LogP) is 4.06. The van der Waals surface area contributed by atoms with Crippen molar-refractivity contribution >= 4 is 40.5 Å². The van der Waals surface area contributed by atoms with Crippen molar-refractivity contribution in [1.29, 1.82) is 0 Å². The standard InChI is InChI=1S/C32H35N5O5/c1-6-41-32-35-30-26(37(32)5)8-7-9-27(30)42-19-24-20(2)10-16-25(21(24)3)36(4)29(39)18-34-28(38)17-13-22-11-14-23(15-12-22)31(33)40/h7-17H,6,18-19H2,1-5H3,(H2,33,40)(H,34,38)/b17-13+. The fraction of sp³-hybridized carbons (Fsp3) is 0.250. The fourth-order valence-corrected chi connectivity index (χ4v) is 4.56. The molecule has 0 fully saturated rings. The summed E-state index contributed by atoms with van der Waals surface area (Å²) in [7, 11) is 3.58. The van der Waals surface area contributed by atoms with Crippen molar-refractivity contribution < 1.29 is 23.9 Å². The Morgan fingerprint density at radius 3 is 2.48 bits per heavy atom. The summed E-state index contributed by atoms with van der Waals surface area (Å²) >= 11 is 0. The molecule has 10 heteroatoms. The van der Waals surface area contributed by atoms with E-state index in [2.05, 4.69) is 10.3 Å². The zero-order chi connectivity index (χ0) is 30.4. The van der Waals surface area contributed by atoms with Gasteiger partial charge in [0.25, 0.3) is 6.01 Å². The second-order valence-corrected chi connectivity index (χ2v) is 9.79. The highest BCUT2D eigenvalue weighted by Gasteiger charge is 2.18. The first-order valence-corrected chi connectivity index (χ1v) is 13.5. The third kappa shape index (κ3) is 6.60. The van der Waals surface area contributed by atoms with E-state index < -0.39 is 11.8 Å². The summed E-state index contributed by atoms with van der Waals surface area (Å²) in [5.41, 5.74) is 11.6. The van der Waals surface area contributed by atoms with Gasteiger partial charge in [-0.05, 0) is 79.4 Å². The number of ether oxygens (including phenoxy) is 2. The number of aromatic nitrogens is 2. The number of rotatable bonds is 11. The summed E-state index contributed by atoms with van der Waals surface area (Å²) in [5, 5.41) is 2.62. The van der Waals surface area contributed by atoms with Gasteiger partial charge in [-0.3, -0.25) is 19.0 Å². The van der Waals surface area contributed by atoms with Crippen LogP contribution in [0.5, 0.6) is 11.8 Å². The molecular formula is C32H35N5O5. The average molecular weight is 570 g/mol. The molecule has 0 saturated heterocycles. The van der Waals surface area contributed by atoms with E-state index in [9.17, 15) is 14.4 Å². The van der Waals surface area contributed by atoms with Crippen LogP contribution in [0.25, 0.3) is 17.1 Å². The van der Waals surface area contributed by atoms with Crippen LogP contribution in [0.15, 0.2) is 60.7 Å². The van der Waals surface area contributed by atoms with E-state index in [0.29, 0.717) is 23.9 Å². The number of nitrogens with two attached hydrogens (primary N) is 1. The Morgan fingerprint density at radius 2 is 1.79 bits per heavy atom. The zero-order valence-electron chi connectivity index (χ0n) is 24.4. The van der Waals surface area contributed by atoms with Crippen molar-refractivity contribution in [3.63, 3.8) is 0 Å². The highest BCUT2D eigenvalue weighted by atomic mass is 16.5. The molecule has 10 nitrogen and oxygen atoms in total. The monoisotopic (exact) mass is 569 g/mol. The highest BCUT2D eigenvalue weighted by Crippen LogP contribution is 2.31. The van der Waals surface area contributed by atoms with Crippen LogP contribution in [-0.2, 0) is 23.2 Å². The summed E-state index contributed by atoms with van der Waals surface area (Å²) in [6.07, 6.45) is 2.92. The minimum atomic E-state index is -0.520. The number of hydrogen-bond donors (Lipinski definition) is 2.